The predicted octanol–water partition coefficient (Wildman–Crippen LogP) is 3.67. The van der Waals surface area contributed by atoms with E-state index in [0.717, 1.165) is 0 Å². The van der Waals surface area contributed by atoms with Gasteiger partial charge in [0.15, 0.2) is 11.5 Å². The van der Waals surface area contributed by atoms with E-state index in [1.54, 1.807) is 36.1 Å². The van der Waals surface area contributed by atoms with E-state index in [1.165, 1.54) is 13.1 Å². The Balaban J connectivity index is 1.83. The molecule has 0 unspecified atom stereocenters. The number of ether oxygens (including phenoxy) is 1. The first-order valence-corrected chi connectivity index (χ1v) is 7.70. The maximum atomic E-state index is 12.5. The van der Waals surface area contributed by atoms with E-state index in [0.29, 0.717) is 28.4 Å². The first-order chi connectivity index (χ1) is 12.0. The maximum absolute atomic E-state index is 12.5. The number of Topliss-reactive ketones (excluding diaryl/α,β-unsaturated/α-hetero) is 1. The quantitative estimate of drug-likeness (QED) is 0.722. The molecule has 0 aliphatic rings. The molecule has 6 nitrogen and oxygen atoms in total. The predicted molar refractivity (Wildman–Crippen MR) is 94.1 cm³/mol. The number of amides is 1. The number of nitrogens with one attached hydrogen (secondary N) is 1. The first kappa shape index (κ1) is 16.4. The number of nitrogens with zero attached hydrogens (tertiary/aromatic N) is 2. The highest BCUT2D eigenvalue weighted by Crippen LogP contribution is 2.28. The maximum Gasteiger partial charge on any atom is 0.272 e. The number of ketones is 1. The molecule has 6 heteroatoms. The zero-order valence-electron chi connectivity index (χ0n) is 13.9. The van der Waals surface area contributed by atoms with Gasteiger partial charge in [-0.15, -0.1) is 0 Å². The summed E-state index contributed by atoms with van der Waals surface area (Å²) in [5.41, 5.74) is 1.31. The number of para-hydroxylation sites is 1. The molecule has 1 N–H and O–H groups in total. The van der Waals surface area contributed by atoms with E-state index in [9.17, 15) is 9.59 Å². The smallest absolute Gasteiger partial charge is 0.272 e. The molecule has 3 aromatic rings. The van der Waals surface area contributed by atoms with Crippen LogP contribution in [0.4, 0.5) is 5.69 Å². The van der Waals surface area contributed by atoms with Gasteiger partial charge in [0.05, 0.1) is 6.20 Å². The minimum absolute atomic E-state index is 0.0934. The van der Waals surface area contributed by atoms with Crippen LogP contribution in [0.15, 0.2) is 61.1 Å². The van der Waals surface area contributed by atoms with Crippen LogP contribution >= 0.6 is 0 Å². The normalized spacial score (nSPS) is 10.3. The van der Waals surface area contributed by atoms with Gasteiger partial charge in [0, 0.05) is 31.1 Å². The van der Waals surface area contributed by atoms with Gasteiger partial charge in [-0.25, -0.2) is 0 Å². The average molecular weight is 335 g/mol. The van der Waals surface area contributed by atoms with Gasteiger partial charge < -0.3 is 14.6 Å². The molecule has 25 heavy (non-hydrogen) atoms. The van der Waals surface area contributed by atoms with E-state index >= 15 is 0 Å². The standard InChI is InChI=1S/C19H17N3O3/c1-13(23)14-10-17(22(2)12-14)19(24)21-16-11-20-9-8-18(16)25-15-6-4-3-5-7-15/h3-12H,1-2H3,(H,21,24). The number of aromatic nitrogens is 2. The second-order valence-corrected chi connectivity index (χ2v) is 5.52. The lowest BCUT2D eigenvalue weighted by molar-refractivity contribution is 0.101. The minimum Gasteiger partial charge on any atom is -0.455 e. The largest absolute Gasteiger partial charge is 0.455 e. The van der Waals surface area contributed by atoms with Gasteiger partial charge in [0.1, 0.15) is 17.1 Å². The number of benzene rings is 1. The summed E-state index contributed by atoms with van der Waals surface area (Å²) < 4.78 is 7.42. The molecule has 0 bridgehead atoms. The first-order valence-electron chi connectivity index (χ1n) is 7.70. The number of anilines is 1. The van der Waals surface area contributed by atoms with Crippen molar-refractivity contribution in [3.05, 3.63) is 72.3 Å². The topological polar surface area (TPSA) is 73.2 Å². The highest BCUT2D eigenvalue weighted by molar-refractivity contribution is 6.06. The Morgan fingerprint density at radius 2 is 1.92 bits per heavy atom. The van der Waals surface area contributed by atoms with E-state index in [2.05, 4.69) is 10.3 Å². The number of hydrogen-bond acceptors (Lipinski definition) is 4. The van der Waals surface area contributed by atoms with Gasteiger partial charge in [-0.1, -0.05) is 18.2 Å². The Morgan fingerprint density at radius 1 is 1.16 bits per heavy atom. The second kappa shape index (κ2) is 7.00. The highest BCUT2D eigenvalue weighted by atomic mass is 16.5. The number of carbonyl (C=O) groups is 2. The summed E-state index contributed by atoms with van der Waals surface area (Å²) in [6.45, 7) is 1.46. The second-order valence-electron chi connectivity index (χ2n) is 5.52. The highest BCUT2D eigenvalue weighted by Gasteiger charge is 2.16. The number of carbonyl (C=O) groups excluding carboxylic acids is 2. The zero-order valence-corrected chi connectivity index (χ0v) is 13.9. The summed E-state index contributed by atoms with van der Waals surface area (Å²) in [5, 5.41) is 2.78. The third-order valence-electron chi connectivity index (χ3n) is 3.64. The van der Waals surface area contributed by atoms with Gasteiger partial charge in [-0.3, -0.25) is 14.6 Å². The summed E-state index contributed by atoms with van der Waals surface area (Å²) in [4.78, 5) is 28.1. The van der Waals surface area contributed by atoms with Gasteiger partial charge in [0.25, 0.3) is 5.91 Å². The van der Waals surface area contributed by atoms with Crippen molar-refractivity contribution in [1.82, 2.24) is 9.55 Å². The summed E-state index contributed by atoms with van der Waals surface area (Å²) in [5.74, 6) is 0.697. The zero-order chi connectivity index (χ0) is 17.8. The lowest BCUT2D eigenvalue weighted by Crippen LogP contribution is -2.15. The van der Waals surface area contributed by atoms with Crippen LogP contribution in [0, 0.1) is 0 Å². The van der Waals surface area contributed by atoms with Crippen molar-refractivity contribution in [3.8, 4) is 11.5 Å². The molecular weight excluding hydrogens is 318 g/mol. The molecule has 3 rings (SSSR count). The van der Waals surface area contributed by atoms with Crippen molar-refractivity contribution in [2.24, 2.45) is 7.05 Å². The Morgan fingerprint density at radius 3 is 2.60 bits per heavy atom. The minimum atomic E-state index is -0.346. The third kappa shape index (κ3) is 3.74. The van der Waals surface area contributed by atoms with Crippen LogP contribution in [0.1, 0.15) is 27.8 Å². The molecule has 0 saturated carbocycles. The fourth-order valence-electron chi connectivity index (χ4n) is 2.35. The average Bonchev–Trinajstić information content (AvgIpc) is 3.00. The molecule has 0 aliphatic heterocycles. The van der Waals surface area contributed by atoms with Gasteiger partial charge in [-0.2, -0.15) is 0 Å². The number of pyridine rings is 1. The SMILES string of the molecule is CC(=O)c1cc(C(=O)Nc2cnccc2Oc2ccccc2)n(C)c1. The fourth-order valence-corrected chi connectivity index (χ4v) is 2.35. The van der Waals surface area contributed by atoms with Crippen LogP contribution in [0.3, 0.4) is 0 Å². The summed E-state index contributed by atoms with van der Waals surface area (Å²) in [6, 6.07) is 12.5. The molecule has 0 radical (unpaired) electrons. The number of hydrogen-bond donors (Lipinski definition) is 1. The Bertz CT molecular complexity index is 917. The van der Waals surface area contributed by atoms with Crippen LogP contribution in [0.5, 0.6) is 11.5 Å². The number of aryl methyl sites for hydroxylation is 1. The third-order valence-corrected chi connectivity index (χ3v) is 3.64. The molecule has 0 aliphatic carbocycles. The Kier molecular flexibility index (Phi) is 4.61. The van der Waals surface area contributed by atoms with E-state index in [-0.39, 0.29) is 11.7 Å². The van der Waals surface area contributed by atoms with E-state index < -0.39 is 0 Å². The lowest BCUT2D eigenvalue weighted by atomic mass is 10.2. The summed E-state index contributed by atoms with van der Waals surface area (Å²) >= 11 is 0. The Labute approximate surface area is 145 Å². The summed E-state index contributed by atoms with van der Waals surface area (Å²) in [7, 11) is 1.71. The van der Waals surface area contributed by atoms with Crippen molar-refractivity contribution in [3.63, 3.8) is 0 Å². The molecule has 1 amide bonds. The van der Waals surface area contributed by atoms with Crippen molar-refractivity contribution in [2.45, 2.75) is 6.92 Å². The number of rotatable bonds is 5. The van der Waals surface area contributed by atoms with Crippen LogP contribution in [0.25, 0.3) is 0 Å². The van der Waals surface area contributed by atoms with E-state index in [1.807, 2.05) is 30.3 Å². The molecule has 0 spiro atoms. The molecule has 126 valence electrons. The molecule has 0 fully saturated rings. The monoisotopic (exact) mass is 335 g/mol. The lowest BCUT2D eigenvalue weighted by Gasteiger charge is -2.12. The fraction of sp³-hybridized carbons (Fsp3) is 0.105. The van der Waals surface area contributed by atoms with Crippen LogP contribution in [-0.4, -0.2) is 21.2 Å². The molecule has 0 atom stereocenters. The molecular formula is C19H17N3O3. The van der Waals surface area contributed by atoms with Gasteiger partial charge in [0.2, 0.25) is 0 Å². The van der Waals surface area contributed by atoms with Crippen molar-refractivity contribution in [2.75, 3.05) is 5.32 Å². The molecule has 1 aromatic carbocycles. The molecule has 0 saturated heterocycles. The van der Waals surface area contributed by atoms with Crippen LogP contribution in [0.2, 0.25) is 0 Å². The van der Waals surface area contributed by atoms with Crippen LogP contribution < -0.4 is 10.1 Å². The van der Waals surface area contributed by atoms with E-state index in [4.69, 9.17) is 4.74 Å². The summed E-state index contributed by atoms with van der Waals surface area (Å²) in [6.07, 6.45) is 4.73. The van der Waals surface area contributed by atoms with Gasteiger partial charge >= 0.3 is 0 Å². The van der Waals surface area contributed by atoms with Crippen molar-refractivity contribution < 1.29 is 14.3 Å². The van der Waals surface area contributed by atoms with Gasteiger partial charge in [-0.05, 0) is 25.1 Å². The molecule has 2 aromatic heterocycles. The Hall–Kier alpha value is -3.41. The molecule has 2 heterocycles. The van der Waals surface area contributed by atoms with Crippen molar-refractivity contribution in [1.29, 1.82) is 0 Å². The van der Waals surface area contributed by atoms with Crippen LogP contribution in [-0.2, 0) is 7.05 Å². The van der Waals surface area contributed by atoms with Crippen molar-refractivity contribution >= 4 is 17.4 Å².